The second-order valence-corrected chi connectivity index (χ2v) is 22.0. The van der Waals surface area contributed by atoms with Crippen LogP contribution < -0.4 is 0 Å². The lowest BCUT2D eigenvalue weighted by atomic mass is 10.0. The Balaban J connectivity index is 0.946. The van der Waals surface area contributed by atoms with Crippen LogP contribution in [0.4, 0.5) is 5.69 Å². The molecule has 16 rings (SSSR count). The molecule has 0 aliphatic rings. The van der Waals surface area contributed by atoms with E-state index in [0.717, 1.165) is 156 Å². The Bertz CT molecular complexity index is 5110. The molecule has 0 unspecified atom stereocenters. The minimum Gasteiger partial charge on any atom is -0.307 e. The van der Waals surface area contributed by atoms with Crippen molar-refractivity contribution in [2.75, 3.05) is 0 Å². The van der Waals surface area contributed by atoms with Gasteiger partial charge in [-0.15, -0.1) is 0 Å². The Morgan fingerprint density at radius 2 is 0.591 bits per heavy atom. The van der Waals surface area contributed by atoms with Crippen LogP contribution in [-0.4, -0.2) is 34.1 Å². The largest absolute Gasteiger partial charge is 0.307 e. The van der Waals surface area contributed by atoms with Crippen molar-refractivity contribution in [3.63, 3.8) is 0 Å². The van der Waals surface area contributed by atoms with Gasteiger partial charge in [0.15, 0.2) is 5.69 Å². The Morgan fingerprint density at radius 1 is 0.261 bits per heavy atom. The van der Waals surface area contributed by atoms with E-state index in [1.807, 2.05) is 122 Å². The Hall–Kier alpha value is -12.2. The van der Waals surface area contributed by atoms with Crippen molar-refractivity contribution in [2.45, 2.75) is 0 Å². The number of benzene rings is 9. The molecule has 0 fully saturated rings. The molecule has 8 heteroatoms. The van der Waals surface area contributed by atoms with Gasteiger partial charge in [-0.2, -0.15) is 0 Å². The van der Waals surface area contributed by atoms with Gasteiger partial charge in [0.1, 0.15) is 5.82 Å². The fourth-order valence-corrected chi connectivity index (χ4v) is 12.5. The first-order valence-corrected chi connectivity index (χ1v) is 29.3. The third-order valence-corrected chi connectivity index (χ3v) is 16.8. The number of pyridine rings is 5. The molecular weight excluding hydrogens is 1070 g/mol. The average molecular weight is 1120 g/mol. The molecule has 0 saturated carbocycles. The molecule has 0 radical (unpaired) electrons. The zero-order valence-electron chi connectivity index (χ0n) is 47.4. The van der Waals surface area contributed by atoms with Gasteiger partial charge < -0.3 is 4.57 Å². The predicted molar refractivity (Wildman–Crippen MR) is 359 cm³/mol. The molecule has 0 spiro atoms. The number of hydrogen-bond acceptors (Lipinski definition) is 5. The van der Waals surface area contributed by atoms with Crippen LogP contribution in [0.5, 0.6) is 0 Å². The maximum Gasteiger partial charge on any atom is 0.187 e. The minimum absolute atomic E-state index is 0.540. The van der Waals surface area contributed by atoms with Gasteiger partial charge in [0, 0.05) is 74.1 Å². The standard InChI is InChI=1S/C80H50N8/c1-81-65-24-14-23-64(41-65)70-50-80(88-77-48-58(62-35-39-84-73(44-62)54-19-10-4-11-20-54)27-31-68(77)69-32-28-59(49-78(69)88)63-36-40-85-74(45-63)55-21-12-5-13-22-55)86-51-79(70)87-75-46-56(60-33-37-82-71(42-60)52-15-6-2-7-16-52)25-29-66(75)67-30-26-57(47-76(67)87)61-34-38-83-72(43-61)53-17-8-3-9-18-53/h2-51H. The van der Waals surface area contributed by atoms with Crippen molar-refractivity contribution in [2.24, 2.45) is 0 Å². The van der Waals surface area contributed by atoms with Gasteiger partial charge in [-0.1, -0.05) is 188 Å². The molecule has 8 nitrogen and oxygen atoms in total. The van der Waals surface area contributed by atoms with Crippen LogP contribution in [0.15, 0.2) is 304 Å². The average Bonchev–Trinajstić information content (AvgIpc) is 2.34. The number of rotatable bonds is 11. The first-order valence-electron chi connectivity index (χ1n) is 29.3. The van der Waals surface area contributed by atoms with E-state index < -0.39 is 0 Å². The smallest absolute Gasteiger partial charge is 0.187 e. The lowest BCUT2D eigenvalue weighted by molar-refractivity contribution is 1.06. The summed E-state index contributed by atoms with van der Waals surface area (Å²) in [6.07, 6.45) is 9.61. The van der Waals surface area contributed by atoms with E-state index >= 15 is 0 Å². The summed E-state index contributed by atoms with van der Waals surface area (Å²) in [5.41, 5.74) is 23.4. The molecule has 0 amide bonds. The van der Waals surface area contributed by atoms with Crippen molar-refractivity contribution in [3.05, 3.63) is 315 Å². The molecule has 88 heavy (non-hydrogen) atoms. The van der Waals surface area contributed by atoms with E-state index in [2.05, 4.69) is 196 Å². The lowest BCUT2D eigenvalue weighted by Gasteiger charge is -2.17. The lowest BCUT2D eigenvalue weighted by Crippen LogP contribution is -2.03. The molecule has 410 valence electrons. The van der Waals surface area contributed by atoms with Gasteiger partial charge in [0.05, 0.1) is 63.3 Å². The van der Waals surface area contributed by atoms with Crippen molar-refractivity contribution in [1.29, 1.82) is 0 Å². The summed E-state index contributed by atoms with van der Waals surface area (Å²) in [7, 11) is 0. The van der Waals surface area contributed by atoms with E-state index in [9.17, 15) is 0 Å². The summed E-state index contributed by atoms with van der Waals surface area (Å²) in [4.78, 5) is 28.8. The van der Waals surface area contributed by atoms with E-state index in [-0.39, 0.29) is 0 Å². The summed E-state index contributed by atoms with van der Waals surface area (Å²) < 4.78 is 4.68. The highest BCUT2D eigenvalue weighted by Crippen LogP contribution is 2.43. The quantitative estimate of drug-likeness (QED) is 0.121. The minimum atomic E-state index is 0.540. The van der Waals surface area contributed by atoms with E-state index in [1.54, 1.807) is 0 Å². The third kappa shape index (κ3) is 9.33. The summed E-state index contributed by atoms with van der Waals surface area (Å²) in [6.45, 7) is 8.29. The van der Waals surface area contributed by atoms with Crippen LogP contribution in [0.2, 0.25) is 0 Å². The number of aromatic nitrogens is 7. The molecule has 0 aliphatic heterocycles. The van der Waals surface area contributed by atoms with Crippen molar-refractivity contribution < 1.29 is 0 Å². The van der Waals surface area contributed by atoms with Gasteiger partial charge in [-0.25, -0.2) is 9.83 Å². The maximum absolute atomic E-state index is 8.29. The van der Waals surface area contributed by atoms with Crippen LogP contribution in [0.3, 0.4) is 0 Å². The monoisotopic (exact) mass is 1120 g/mol. The SMILES string of the molecule is [C-]#[N+]c1cccc(-c2cc(-n3c4cc(-c5ccnc(-c6ccccc6)c5)ccc4c4ccc(-c5ccnc(-c6ccccc6)c5)cc43)ncc2-n2c3cc(-c4ccnc(-c5ccccc5)c4)ccc3c3ccc(-c4ccnc(-c5ccccc5)c4)cc32)c1. The van der Waals surface area contributed by atoms with Crippen molar-refractivity contribution in [3.8, 4) is 112 Å². The molecule has 9 aromatic carbocycles. The van der Waals surface area contributed by atoms with Gasteiger partial charge in [-0.3, -0.25) is 24.5 Å². The predicted octanol–water partition coefficient (Wildman–Crippen LogP) is 20.4. The molecule has 0 saturated heterocycles. The highest BCUT2D eigenvalue weighted by molar-refractivity contribution is 6.13. The number of nitrogens with zero attached hydrogens (tertiary/aromatic N) is 8. The molecule has 7 aromatic heterocycles. The third-order valence-electron chi connectivity index (χ3n) is 16.8. The fraction of sp³-hybridized carbons (Fsp3) is 0. The Kier molecular flexibility index (Phi) is 12.7. The molecular formula is C80H50N8. The van der Waals surface area contributed by atoms with Gasteiger partial charge in [0.2, 0.25) is 0 Å². The summed E-state index contributed by atoms with van der Waals surface area (Å²) in [5.74, 6) is 0.721. The molecule has 0 N–H and O–H groups in total. The second kappa shape index (κ2) is 21.8. The first kappa shape index (κ1) is 51.5. The van der Waals surface area contributed by atoms with E-state index in [0.29, 0.717) is 5.69 Å². The van der Waals surface area contributed by atoms with E-state index in [1.165, 1.54) is 0 Å². The maximum atomic E-state index is 8.29. The van der Waals surface area contributed by atoms with Gasteiger partial charge >= 0.3 is 0 Å². The molecule has 0 aliphatic carbocycles. The Morgan fingerprint density at radius 3 is 0.943 bits per heavy atom. The second-order valence-electron chi connectivity index (χ2n) is 22.0. The number of hydrogen-bond donors (Lipinski definition) is 0. The van der Waals surface area contributed by atoms with Gasteiger partial charge in [0.25, 0.3) is 0 Å². The fourth-order valence-electron chi connectivity index (χ4n) is 12.5. The van der Waals surface area contributed by atoms with Crippen LogP contribution in [-0.2, 0) is 0 Å². The molecule has 16 aromatic rings. The summed E-state index contributed by atoms with van der Waals surface area (Å²) in [6, 6.07) is 95.4. The van der Waals surface area contributed by atoms with Crippen LogP contribution in [0.1, 0.15) is 0 Å². The Labute approximate surface area is 508 Å². The first-order chi connectivity index (χ1) is 43.5. The van der Waals surface area contributed by atoms with Crippen LogP contribution >= 0.6 is 0 Å². The van der Waals surface area contributed by atoms with E-state index in [4.69, 9.17) is 31.5 Å². The summed E-state index contributed by atoms with van der Waals surface area (Å²) in [5, 5.41) is 4.36. The van der Waals surface area contributed by atoms with Crippen molar-refractivity contribution >= 4 is 49.3 Å². The van der Waals surface area contributed by atoms with Gasteiger partial charge in [-0.05, 0) is 135 Å². The molecule has 0 bridgehead atoms. The molecule has 7 heterocycles. The highest BCUT2D eigenvalue weighted by Gasteiger charge is 2.23. The van der Waals surface area contributed by atoms with Crippen molar-refractivity contribution in [1.82, 2.24) is 34.1 Å². The zero-order valence-corrected chi connectivity index (χ0v) is 47.4. The highest BCUT2D eigenvalue weighted by atomic mass is 15.1. The summed E-state index contributed by atoms with van der Waals surface area (Å²) >= 11 is 0. The molecule has 0 atom stereocenters. The zero-order chi connectivity index (χ0) is 58.5. The van der Waals surface area contributed by atoms with Crippen LogP contribution in [0, 0.1) is 6.57 Å². The topological polar surface area (TPSA) is 78.7 Å². The number of fused-ring (bicyclic) bond motifs is 6. The van der Waals surface area contributed by atoms with Crippen LogP contribution in [0.25, 0.3) is 161 Å². The normalized spacial score (nSPS) is 11.4.